The smallest absolute Gasteiger partial charge is 0.140 e. The number of aliphatic hydroxyl groups is 2. The predicted octanol–water partition coefficient (Wildman–Crippen LogP) is 8.13. The van der Waals surface area contributed by atoms with Crippen molar-refractivity contribution in [3.05, 3.63) is 72.3 Å². The zero-order chi connectivity index (χ0) is 30.9. The monoisotopic (exact) mass is 623 g/mol. The molecule has 0 aliphatic heterocycles. The van der Waals surface area contributed by atoms with E-state index in [2.05, 4.69) is 18.8 Å². The highest BCUT2D eigenvalue weighted by Gasteiger charge is 2.16. The topological polar surface area (TPSA) is 107 Å². The summed E-state index contributed by atoms with van der Waals surface area (Å²) in [5.74, 6) is 6.76. The van der Waals surface area contributed by atoms with Crippen LogP contribution in [0.2, 0.25) is 0 Å². The average Bonchev–Trinajstić information content (AvgIpc) is 3.00. The fourth-order valence-electron chi connectivity index (χ4n) is 4.65. The maximum atomic E-state index is 12.3. The molecule has 3 rings (SSSR count). The summed E-state index contributed by atoms with van der Waals surface area (Å²) < 4.78 is 42.6. The van der Waals surface area contributed by atoms with E-state index >= 15 is 0 Å². The first-order valence-corrected chi connectivity index (χ1v) is 17.4. The average molecular weight is 624 g/mol. The number of ether oxygens (including phenoxy) is 1. The van der Waals surface area contributed by atoms with E-state index in [-0.39, 0.29) is 11.5 Å². The first-order chi connectivity index (χ1) is 20.8. The molecule has 0 amide bonds. The molecular weight excluding hydrogens is 581 g/mol. The van der Waals surface area contributed by atoms with E-state index in [0.29, 0.717) is 34.6 Å². The van der Waals surface area contributed by atoms with Gasteiger partial charge in [-0.05, 0) is 66.8 Å². The van der Waals surface area contributed by atoms with E-state index in [4.69, 9.17) is 9.84 Å². The Hall–Kier alpha value is -2.80. The van der Waals surface area contributed by atoms with Gasteiger partial charge < -0.3 is 19.5 Å². The van der Waals surface area contributed by atoms with Crippen molar-refractivity contribution in [3.63, 3.8) is 0 Å². The molecule has 1 atom stereocenters. The Kier molecular flexibility index (Phi) is 15.1. The Bertz CT molecular complexity index is 1420. The van der Waals surface area contributed by atoms with E-state index in [1.165, 1.54) is 37.1 Å². The standard InChI is InChI=1S/C35H44O6S2/c1-2-3-26-41-29-20-22-30(23-21-29)42-34-24-19-28(27-35(34)43(38,39)40)31-16-13-14-17-32(31)33(37)18-12-10-8-6-4-5-7-9-11-15-25-36/h13-14,16-17,19-24,27,33,36-37H,2-11,15,25-26H2,1H3,(H,38,39,40)/p-1. The molecule has 3 aromatic rings. The molecule has 0 aliphatic rings. The third-order valence-electron chi connectivity index (χ3n) is 7.05. The number of hydrogen-bond acceptors (Lipinski definition) is 7. The number of hydrogen-bond donors (Lipinski definition) is 2. The first kappa shape index (κ1) is 34.7. The van der Waals surface area contributed by atoms with Crippen LogP contribution in [0.5, 0.6) is 5.75 Å². The van der Waals surface area contributed by atoms with Gasteiger partial charge in [0.25, 0.3) is 0 Å². The summed E-state index contributed by atoms with van der Waals surface area (Å²) in [5, 5.41) is 19.7. The van der Waals surface area contributed by atoms with Crippen LogP contribution in [0.25, 0.3) is 11.1 Å². The van der Waals surface area contributed by atoms with Crippen LogP contribution in [-0.2, 0) is 10.1 Å². The fourth-order valence-corrected chi connectivity index (χ4v) is 6.49. The molecule has 6 nitrogen and oxygen atoms in total. The molecule has 1 unspecified atom stereocenters. The quantitative estimate of drug-likeness (QED) is 0.0837. The van der Waals surface area contributed by atoms with E-state index in [1.54, 1.807) is 36.4 Å². The highest BCUT2D eigenvalue weighted by molar-refractivity contribution is 8.00. The molecule has 0 spiro atoms. The van der Waals surface area contributed by atoms with Crippen molar-refractivity contribution in [1.82, 2.24) is 0 Å². The number of benzene rings is 3. The second-order valence-electron chi connectivity index (χ2n) is 10.5. The van der Waals surface area contributed by atoms with Crippen LogP contribution in [0.1, 0.15) is 89.2 Å². The van der Waals surface area contributed by atoms with Crippen molar-refractivity contribution in [2.45, 2.75) is 98.3 Å². The Morgan fingerprint density at radius 1 is 0.884 bits per heavy atom. The lowest BCUT2D eigenvalue weighted by molar-refractivity contribution is 0.239. The Balaban J connectivity index is 1.67. The minimum Gasteiger partial charge on any atom is -0.744 e. The lowest BCUT2D eigenvalue weighted by Gasteiger charge is -2.17. The van der Waals surface area contributed by atoms with Gasteiger partial charge in [0, 0.05) is 28.4 Å². The lowest BCUT2D eigenvalue weighted by Crippen LogP contribution is -2.02. The van der Waals surface area contributed by atoms with Gasteiger partial charge in [-0.15, -0.1) is 5.92 Å². The van der Waals surface area contributed by atoms with Crippen LogP contribution in [-0.4, -0.2) is 36.4 Å². The van der Waals surface area contributed by atoms with Gasteiger partial charge >= 0.3 is 0 Å². The van der Waals surface area contributed by atoms with Gasteiger partial charge in [0.2, 0.25) is 0 Å². The molecule has 232 valence electrons. The first-order valence-electron chi connectivity index (χ1n) is 15.2. The van der Waals surface area contributed by atoms with Crippen LogP contribution in [0.15, 0.2) is 81.4 Å². The van der Waals surface area contributed by atoms with Gasteiger partial charge in [0.1, 0.15) is 22.0 Å². The summed E-state index contributed by atoms with van der Waals surface area (Å²) in [6.45, 7) is 3.01. The molecule has 0 saturated heterocycles. The fraction of sp³-hybridized carbons (Fsp3) is 0.429. The Labute approximate surface area is 261 Å². The predicted molar refractivity (Wildman–Crippen MR) is 172 cm³/mol. The molecular formula is C35H43O6S2-. The molecule has 0 radical (unpaired) electrons. The summed E-state index contributed by atoms with van der Waals surface area (Å²) in [7, 11) is -4.77. The molecule has 43 heavy (non-hydrogen) atoms. The molecule has 3 aromatic carbocycles. The van der Waals surface area contributed by atoms with Gasteiger partial charge in [-0.1, -0.05) is 99.9 Å². The van der Waals surface area contributed by atoms with Crippen molar-refractivity contribution < 1.29 is 27.9 Å². The van der Waals surface area contributed by atoms with Gasteiger partial charge in [-0.25, -0.2) is 8.42 Å². The van der Waals surface area contributed by atoms with Crippen molar-refractivity contribution >= 4 is 21.9 Å². The molecule has 0 bridgehead atoms. The number of rotatable bonds is 18. The summed E-state index contributed by atoms with van der Waals surface area (Å²) >= 11 is 1.20. The van der Waals surface area contributed by atoms with Crippen molar-refractivity contribution in [3.8, 4) is 28.7 Å². The van der Waals surface area contributed by atoms with E-state index in [1.807, 2.05) is 24.3 Å². The highest BCUT2D eigenvalue weighted by Crippen LogP contribution is 2.37. The lowest BCUT2D eigenvalue weighted by atomic mass is 9.96. The summed E-state index contributed by atoms with van der Waals surface area (Å²) in [5.41, 5.74) is 1.71. The Morgan fingerprint density at radius 3 is 2.23 bits per heavy atom. The van der Waals surface area contributed by atoms with Gasteiger partial charge in [0.05, 0.1) is 11.5 Å². The zero-order valence-electron chi connectivity index (χ0n) is 25.0. The van der Waals surface area contributed by atoms with E-state index < -0.39 is 16.2 Å². The second-order valence-corrected chi connectivity index (χ2v) is 13.0. The SMILES string of the molecule is CCCCOc1ccc(Sc2ccc(-c3ccccc3C(O)C#CCCCCCCCCCCO)cc2S(=O)(=O)[O-])cc1. The van der Waals surface area contributed by atoms with Crippen LogP contribution >= 0.6 is 11.8 Å². The minimum absolute atomic E-state index is 0.273. The molecule has 2 N–H and O–H groups in total. The van der Waals surface area contributed by atoms with Crippen LogP contribution < -0.4 is 4.74 Å². The molecule has 0 aliphatic carbocycles. The third kappa shape index (κ3) is 12.0. The van der Waals surface area contributed by atoms with E-state index in [9.17, 15) is 18.1 Å². The van der Waals surface area contributed by atoms with Crippen molar-refractivity contribution in [2.24, 2.45) is 0 Å². The van der Waals surface area contributed by atoms with Crippen LogP contribution in [0.4, 0.5) is 0 Å². The maximum Gasteiger partial charge on any atom is 0.140 e. The zero-order valence-corrected chi connectivity index (χ0v) is 26.6. The van der Waals surface area contributed by atoms with Gasteiger partial charge in [-0.3, -0.25) is 0 Å². The van der Waals surface area contributed by atoms with E-state index in [0.717, 1.165) is 55.6 Å². The van der Waals surface area contributed by atoms with Crippen molar-refractivity contribution in [1.29, 1.82) is 0 Å². The minimum atomic E-state index is -4.77. The molecule has 0 heterocycles. The maximum absolute atomic E-state index is 12.3. The largest absolute Gasteiger partial charge is 0.744 e. The van der Waals surface area contributed by atoms with Crippen LogP contribution in [0, 0.1) is 11.8 Å². The Morgan fingerprint density at radius 2 is 1.56 bits per heavy atom. The summed E-state index contributed by atoms with van der Waals surface area (Å²) in [4.78, 5) is 0.813. The summed E-state index contributed by atoms with van der Waals surface area (Å²) in [6.07, 6.45) is 10.4. The third-order valence-corrected chi connectivity index (χ3v) is 9.14. The molecule has 8 heteroatoms. The summed E-state index contributed by atoms with van der Waals surface area (Å²) in [6, 6.07) is 19.3. The molecule has 0 aromatic heterocycles. The molecule has 0 fully saturated rings. The van der Waals surface area contributed by atoms with Gasteiger partial charge in [0.15, 0.2) is 0 Å². The van der Waals surface area contributed by atoms with Crippen LogP contribution in [0.3, 0.4) is 0 Å². The van der Waals surface area contributed by atoms with Crippen molar-refractivity contribution in [2.75, 3.05) is 13.2 Å². The highest BCUT2D eigenvalue weighted by atomic mass is 32.2. The second kappa shape index (κ2) is 18.8. The van der Waals surface area contributed by atoms with Gasteiger partial charge in [-0.2, -0.15) is 0 Å². The number of aliphatic hydroxyl groups excluding tert-OH is 2. The molecule has 0 saturated carbocycles. The normalized spacial score (nSPS) is 12.0. The number of unbranched alkanes of at least 4 members (excludes halogenated alkanes) is 9.